The summed E-state index contributed by atoms with van der Waals surface area (Å²) < 4.78 is 5.24. The predicted octanol–water partition coefficient (Wildman–Crippen LogP) is 0.0175. The van der Waals surface area contributed by atoms with Crippen LogP contribution in [0.1, 0.15) is 33.1 Å². The van der Waals surface area contributed by atoms with Gasteiger partial charge < -0.3 is 20.9 Å². The Bertz CT molecular complexity index is 252. The van der Waals surface area contributed by atoms with Crippen molar-refractivity contribution in [1.29, 1.82) is 0 Å². The Labute approximate surface area is 103 Å². The van der Waals surface area contributed by atoms with Crippen LogP contribution in [0.15, 0.2) is 0 Å². The van der Waals surface area contributed by atoms with E-state index < -0.39 is 11.6 Å². The molecule has 100 valence electrons. The van der Waals surface area contributed by atoms with E-state index in [9.17, 15) is 9.90 Å². The number of hydrogen-bond donors (Lipinski definition) is 3. The maximum atomic E-state index is 12.0. The predicted molar refractivity (Wildman–Crippen MR) is 65.4 cm³/mol. The minimum absolute atomic E-state index is 0.0602. The van der Waals surface area contributed by atoms with Crippen LogP contribution in [0.2, 0.25) is 0 Å². The van der Waals surface area contributed by atoms with Crippen LogP contribution in [0.5, 0.6) is 0 Å². The number of nitrogens with one attached hydrogen (secondary N) is 1. The van der Waals surface area contributed by atoms with Crippen LogP contribution < -0.4 is 11.1 Å². The maximum absolute atomic E-state index is 12.0. The van der Waals surface area contributed by atoms with Gasteiger partial charge in [0.15, 0.2) is 0 Å². The molecule has 1 heterocycles. The zero-order valence-corrected chi connectivity index (χ0v) is 10.7. The van der Waals surface area contributed by atoms with E-state index in [0.717, 1.165) is 6.42 Å². The molecule has 1 fully saturated rings. The number of carbonyl (C=O) groups excluding carboxylic acids is 1. The number of aliphatic hydroxyl groups is 1. The minimum atomic E-state index is -0.541. The summed E-state index contributed by atoms with van der Waals surface area (Å²) in [7, 11) is 0. The third-order valence-electron chi connectivity index (χ3n) is 3.70. The van der Waals surface area contributed by atoms with Crippen molar-refractivity contribution in [2.45, 2.75) is 44.7 Å². The van der Waals surface area contributed by atoms with Crippen LogP contribution in [0.4, 0.5) is 0 Å². The SMILES string of the molecule is CC[C@H](C)[C@H](N)C(=O)NC1(CO)CCOCC1. The molecule has 0 bridgehead atoms. The lowest BCUT2D eigenvalue weighted by molar-refractivity contribution is -0.127. The minimum Gasteiger partial charge on any atom is -0.394 e. The van der Waals surface area contributed by atoms with Gasteiger partial charge in [-0.15, -0.1) is 0 Å². The lowest BCUT2D eigenvalue weighted by Crippen LogP contribution is -2.59. The first-order valence-electron chi connectivity index (χ1n) is 6.31. The quantitative estimate of drug-likeness (QED) is 0.636. The molecular weight excluding hydrogens is 220 g/mol. The molecule has 5 nitrogen and oxygen atoms in total. The summed E-state index contributed by atoms with van der Waals surface area (Å²) in [6.45, 7) is 5.04. The van der Waals surface area contributed by atoms with Gasteiger partial charge in [0.25, 0.3) is 0 Å². The highest BCUT2D eigenvalue weighted by Crippen LogP contribution is 2.20. The second kappa shape index (κ2) is 6.33. The molecule has 1 amide bonds. The van der Waals surface area contributed by atoms with Crippen LogP contribution in [-0.2, 0) is 9.53 Å². The first-order chi connectivity index (χ1) is 8.04. The van der Waals surface area contributed by atoms with Crippen molar-refractivity contribution in [3.63, 3.8) is 0 Å². The van der Waals surface area contributed by atoms with Gasteiger partial charge in [-0.25, -0.2) is 0 Å². The van der Waals surface area contributed by atoms with Gasteiger partial charge in [-0.1, -0.05) is 20.3 Å². The van der Waals surface area contributed by atoms with Crippen LogP contribution in [0, 0.1) is 5.92 Å². The van der Waals surface area contributed by atoms with E-state index >= 15 is 0 Å². The summed E-state index contributed by atoms with van der Waals surface area (Å²) in [5.41, 5.74) is 5.34. The zero-order valence-electron chi connectivity index (χ0n) is 10.7. The molecule has 0 saturated carbocycles. The average molecular weight is 244 g/mol. The number of rotatable bonds is 5. The number of carbonyl (C=O) groups is 1. The summed E-state index contributed by atoms with van der Waals surface area (Å²) >= 11 is 0. The third kappa shape index (κ3) is 3.66. The topological polar surface area (TPSA) is 84.6 Å². The van der Waals surface area contributed by atoms with E-state index in [2.05, 4.69) is 5.32 Å². The molecule has 0 aromatic heterocycles. The number of amides is 1. The second-order valence-corrected chi connectivity index (χ2v) is 4.95. The Balaban J connectivity index is 2.58. The molecule has 17 heavy (non-hydrogen) atoms. The van der Waals surface area contributed by atoms with Gasteiger partial charge in [-0.05, 0) is 18.8 Å². The Morgan fingerprint density at radius 2 is 2.12 bits per heavy atom. The van der Waals surface area contributed by atoms with Gasteiger partial charge in [0.05, 0.1) is 18.2 Å². The first-order valence-corrected chi connectivity index (χ1v) is 6.31. The lowest BCUT2D eigenvalue weighted by Gasteiger charge is -2.37. The number of ether oxygens (including phenoxy) is 1. The molecule has 1 rings (SSSR count). The number of hydrogen-bond acceptors (Lipinski definition) is 4. The van der Waals surface area contributed by atoms with E-state index in [4.69, 9.17) is 10.5 Å². The Morgan fingerprint density at radius 3 is 2.59 bits per heavy atom. The molecule has 2 atom stereocenters. The molecule has 4 N–H and O–H groups in total. The zero-order chi connectivity index (χ0) is 12.9. The fourth-order valence-corrected chi connectivity index (χ4v) is 1.94. The first kappa shape index (κ1) is 14.4. The van der Waals surface area contributed by atoms with Gasteiger partial charge in [-0.3, -0.25) is 4.79 Å². The van der Waals surface area contributed by atoms with E-state index in [1.807, 2.05) is 13.8 Å². The van der Waals surface area contributed by atoms with Gasteiger partial charge in [-0.2, -0.15) is 0 Å². The van der Waals surface area contributed by atoms with Gasteiger partial charge in [0.1, 0.15) is 0 Å². The molecule has 1 saturated heterocycles. The highest BCUT2D eigenvalue weighted by molar-refractivity contribution is 5.82. The molecule has 0 spiro atoms. The molecule has 1 aliphatic heterocycles. The third-order valence-corrected chi connectivity index (χ3v) is 3.70. The fraction of sp³-hybridized carbons (Fsp3) is 0.917. The Hall–Kier alpha value is -0.650. The van der Waals surface area contributed by atoms with E-state index in [0.29, 0.717) is 26.1 Å². The second-order valence-electron chi connectivity index (χ2n) is 4.95. The van der Waals surface area contributed by atoms with Gasteiger partial charge in [0, 0.05) is 13.2 Å². The maximum Gasteiger partial charge on any atom is 0.237 e. The van der Waals surface area contributed by atoms with Crippen molar-refractivity contribution in [3.8, 4) is 0 Å². The molecule has 0 unspecified atom stereocenters. The van der Waals surface area contributed by atoms with Crippen molar-refractivity contribution in [2.75, 3.05) is 19.8 Å². The average Bonchev–Trinajstić information content (AvgIpc) is 2.37. The summed E-state index contributed by atoms with van der Waals surface area (Å²) in [6.07, 6.45) is 2.15. The smallest absolute Gasteiger partial charge is 0.237 e. The Morgan fingerprint density at radius 1 is 1.53 bits per heavy atom. The normalized spacial score (nSPS) is 22.8. The van der Waals surface area contributed by atoms with Gasteiger partial charge in [0.2, 0.25) is 5.91 Å². The summed E-state index contributed by atoms with van der Waals surface area (Å²) in [5, 5.41) is 12.4. The highest BCUT2D eigenvalue weighted by Gasteiger charge is 2.35. The van der Waals surface area contributed by atoms with E-state index in [-0.39, 0.29) is 18.4 Å². The molecule has 5 heteroatoms. The van der Waals surface area contributed by atoms with Gasteiger partial charge >= 0.3 is 0 Å². The number of nitrogens with two attached hydrogens (primary N) is 1. The van der Waals surface area contributed by atoms with E-state index in [1.165, 1.54) is 0 Å². The molecule has 0 aromatic carbocycles. The standard InChI is InChI=1S/C12H24N2O3/c1-3-9(2)10(13)11(16)14-12(8-15)4-6-17-7-5-12/h9-10,15H,3-8,13H2,1-2H3,(H,14,16)/t9-,10-/m0/s1. The molecule has 0 aliphatic carbocycles. The molecule has 0 aromatic rings. The largest absolute Gasteiger partial charge is 0.394 e. The van der Waals surface area contributed by atoms with Crippen molar-refractivity contribution in [2.24, 2.45) is 11.7 Å². The van der Waals surface area contributed by atoms with Crippen molar-refractivity contribution in [3.05, 3.63) is 0 Å². The molecular formula is C12H24N2O3. The molecule has 0 radical (unpaired) electrons. The lowest BCUT2D eigenvalue weighted by atomic mass is 9.89. The highest BCUT2D eigenvalue weighted by atomic mass is 16.5. The van der Waals surface area contributed by atoms with Crippen molar-refractivity contribution >= 4 is 5.91 Å². The summed E-state index contributed by atoms with van der Waals surface area (Å²) in [4.78, 5) is 12.0. The number of aliphatic hydroxyl groups excluding tert-OH is 1. The summed E-state index contributed by atoms with van der Waals surface area (Å²) in [6, 6.07) is -0.508. The van der Waals surface area contributed by atoms with Crippen molar-refractivity contribution in [1.82, 2.24) is 5.32 Å². The van der Waals surface area contributed by atoms with Crippen LogP contribution in [0.3, 0.4) is 0 Å². The summed E-state index contributed by atoms with van der Waals surface area (Å²) in [5.74, 6) is -0.0270. The fourth-order valence-electron chi connectivity index (χ4n) is 1.94. The molecule has 1 aliphatic rings. The monoisotopic (exact) mass is 244 g/mol. The van der Waals surface area contributed by atoms with Crippen LogP contribution in [-0.4, -0.2) is 42.4 Å². The van der Waals surface area contributed by atoms with E-state index in [1.54, 1.807) is 0 Å². The van der Waals surface area contributed by atoms with Crippen LogP contribution >= 0.6 is 0 Å². The Kier molecular flexibility index (Phi) is 5.36. The van der Waals surface area contributed by atoms with Crippen LogP contribution in [0.25, 0.3) is 0 Å². The van der Waals surface area contributed by atoms with Crippen molar-refractivity contribution < 1.29 is 14.6 Å².